The van der Waals surface area contributed by atoms with Gasteiger partial charge in [0.15, 0.2) is 13.2 Å². The molecule has 2 aromatic carbocycles. The molecule has 1 fully saturated rings. The minimum atomic E-state index is -4.97. The van der Waals surface area contributed by atoms with E-state index >= 15 is 0 Å². The third-order valence-corrected chi connectivity index (χ3v) is 9.49. The summed E-state index contributed by atoms with van der Waals surface area (Å²) in [6.07, 6.45) is -8.44. The van der Waals surface area contributed by atoms with Gasteiger partial charge in [0.05, 0.1) is 11.6 Å². The Morgan fingerprint density at radius 1 is 1.02 bits per heavy atom. The van der Waals surface area contributed by atoms with Crippen LogP contribution in [0.1, 0.15) is 29.6 Å². The Morgan fingerprint density at radius 3 is 2.31 bits per heavy atom. The number of hydrogen-bond donors (Lipinski definition) is 1. The van der Waals surface area contributed by atoms with Crippen molar-refractivity contribution in [1.29, 1.82) is 0 Å². The fourth-order valence-electron chi connectivity index (χ4n) is 5.55. The lowest BCUT2D eigenvalue weighted by Crippen LogP contribution is -2.44. The van der Waals surface area contributed by atoms with E-state index in [0.717, 1.165) is 4.31 Å². The molecule has 0 radical (unpaired) electrons. The zero-order valence-electron chi connectivity index (χ0n) is 25.2. The van der Waals surface area contributed by atoms with Crippen LogP contribution in [0.25, 0.3) is 10.8 Å². The normalized spacial score (nSPS) is 17.2. The van der Waals surface area contributed by atoms with E-state index in [1.165, 1.54) is 0 Å². The first-order valence-corrected chi connectivity index (χ1v) is 16.0. The zero-order valence-corrected chi connectivity index (χ0v) is 26.0. The predicted molar refractivity (Wildman–Crippen MR) is 157 cm³/mol. The lowest BCUT2D eigenvalue weighted by Gasteiger charge is -2.31. The molecular formula is C29H29F6N5O7S. The van der Waals surface area contributed by atoms with Crippen LogP contribution in [-0.2, 0) is 19.6 Å². The van der Waals surface area contributed by atoms with Crippen LogP contribution >= 0.6 is 0 Å². The second kappa shape index (κ2) is 13.7. The van der Waals surface area contributed by atoms with Crippen molar-refractivity contribution in [3.63, 3.8) is 0 Å². The Kier molecular flexibility index (Phi) is 10.0. The summed E-state index contributed by atoms with van der Waals surface area (Å²) in [6, 6.07) is 8.38. The highest BCUT2D eigenvalue weighted by atomic mass is 32.2. The average molecular weight is 706 g/mol. The summed E-state index contributed by atoms with van der Waals surface area (Å²) in [5.41, 5.74) is 1.46. The van der Waals surface area contributed by atoms with Crippen LogP contribution in [0.2, 0.25) is 0 Å². The smallest absolute Gasteiger partial charge is 0.422 e. The minimum absolute atomic E-state index is 0.122. The number of aromatic nitrogens is 2. The van der Waals surface area contributed by atoms with Crippen molar-refractivity contribution >= 4 is 44.0 Å². The van der Waals surface area contributed by atoms with Crippen molar-refractivity contribution in [2.24, 2.45) is 5.92 Å². The lowest BCUT2D eigenvalue weighted by molar-refractivity contribution is -0.155. The van der Waals surface area contributed by atoms with Crippen molar-refractivity contribution in [3.05, 3.63) is 42.2 Å². The number of halogens is 6. The Hall–Kier alpha value is -4.23. The number of carbonyl (C=O) groups is 2. The second-order valence-corrected chi connectivity index (χ2v) is 12.9. The molecule has 0 aliphatic carbocycles. The van der Waals surface area contributed by atoms with Crippen molar-refractivity contribution in [2.75, 3.05) is 56.8 Å². The monoisotopic (exact) mass is 705 g/mol. The van der Waals surface area contributed by atoms with Gasteiger partial charge in [-0.25, -0.2) is 18.4 Å². The number of ether oxygens (including phenoxy) is 3. The molecule has 1 unspecified atom stereocenters. The molecule has 2 aliphatic rings. The van der Waals surface area contributed by atoms with E-state index in [-0.39, 0.29) is 25.3 Å². The van der Waals surface area contributed by atoms with Gasteiger partial charge in [0, 0.05) is 55.4 Å². The number of methoxy groups -OCH3 is 1. The molecule has 19 heteroatoms. The number of hydrogen-bond acceptors (Lipinski definition) is 9. The first-order chi connectivity index (χ1) is 22.6. The maximum Gasteiger partial charge on any atom is 0.422 e. The third-order valence-electron chi connectivity index (χ3n) is 7.61. The summed E-state index contributed by atoms with van der Waals surface area (Å²) in [5.74, 6) is -4.10. The highest BCUT2D eigenvalue weighted by Gasteiger charge is 2.41. The van der Waals surface area contributed by atoms with E-state index in [1.54, 1.807) is 42.3 Å². The van der Waals surface area contributed by atoms with E-state index < -0.39 is 70.6 Å². The van der Waals surface area contributed by atoms with Gasteiger partial charge in [-0.05, 0) is 37.5 Å². The van der Waals surface area contributed by atoms with E-state index in [0.29, 0.717) is 53.6 Å². The van der Waals surface area contributed by atoms with Gasteiger partial charge in [0.25, 0.3) is 15.9 Å². The van der Waals surface area contributed by atoms with E-state index in [2.05, 4.69) is 24.8 Å². The van der Waals surface area contributed by atoms with Crippen LogP contribution in [0.15, 0.2) is 41.6 Å². The summed E-state index contributed by atoms with van der Waals surface area (Å²) < 4.78 is 120. The SMILES string of the molecule is COCCCN1C(=O)c2cccc3c(NC(=O)C4CCCN(S(=O)(=O)c5c(OCC(F)(F)F)ncnc5OCC(F)(F)F)C4)ccc1c23. The Morgan fingerprint density at radius 2 is 1.69 bits per heavy atom. The Balaban J connectivity index is 1.39. The van der Waals surface area contributed by atoms with Gasteiger partial charge in [0.1, 0.15) is 6.33 Å². The highest BCUT2D eigenvalue weighted by Crippen LogP contribution is 2.41. The van der Waals surface area contributed by atoms with Crippen molar-refractivity contribution in [2.45, 2.75) is 36.5 Å². The molecule has 2 amide bonds. The number of sulfonamides is 1. The van der Waals surface area contributed by atoms with Crippen LogP contribution in [0.5, 0.6) is 11.8 Å². The molecule has 0 bridgehead atoms. The molecule has 5 rings (SSSR count). The molecule has 0 saturated carbocycles. The molecule has 3 heterocycles. The minimum Gasteiger partial charge on any atom is -0.467 e. The predicted octanol–water partition coefficient (Wildman–Crippen LogP) is 4.55. The van der Waals surface area contributed by atoms with E-state index in [4.69, 9.17) is 4.74 Å². The summed E-state index contributed by atoms with van der Waals surface area (Å²) in [4.78, 5) is 33.9. The van der Waals surface area contributed by atoms with Crippen LogP contribution in [0, 0.1) is 5.92 Å². The molecule has 1 saturated heterocycles. The molecule has 12 nitrogen and oxygen atoms in total. The van der Waals surface area contributed by atoms with E-state index in [1.807, 2.05) is 0 Å². The topological polar surface area (TPSA) is 140 Å². The van der Waals surface area contributed by atoms with E-state index in [9.17, 15) is 44.3 Å². The number of rotatable bonds is 12. The fourth-order valence-corrected chi connectivity index (χ4v) is 7.22. The van der Waals surface area contributed by atoms with Crippen LogP contribution in [0.3, 0.4) is 0 Å². The number of anilines is 2. The fraction of sp³-hybridized carbons (Fsp3) is 0.448. The van der Waals surface area contributed by atoms with Crippen molar-refractivity contribution in [1.82, 2.24) is 14.3 Å². The van der Waals surface area contributed by atoms with Crippen LogP contribution < -0.4 is 19.7 Å². The molecule has 0 spiro atoms. The van der Waals surface area contributed by atoms with Crippen LogP contribution in [0.4, 0.5) is 37.7 Å². The molecular weight excluding hydrogens is 676 g/mol. The maximum absolute atomic E-state index is 13.8. The highest BCUT2D eigenvalue weighted by molar-refractivity contribution is 7.89. The quantitative estimate of drug-likeness (QED) is 0.212. The number of alkyl halides is 6. The molecule has 260 valence electrons. The molecule has 1 N–H and O–H groups in total. The molecule has 3 aromatic rings. The van der Waals surface area contributed by atoms with Gasteiger partial charge in [-0.1, -0.05) is 12.1 Å². The van der Waals surface area contributed by atoms with Gasteiger partial charge in [-0.3, -0.25) is 9.59 Å². The van der Waals surface area contributed by atoms with Gasteiger partial charge < -0.3 is 24.4 Å². The second-order valence-electron chi connectivity index (χ2n) is 11.0. The number of nitrogens with zero attached hydrogens (tertiary/aromatic N) is 4. The summed E-state index contributed by atoms with van der Waals surface area (Å²) in [5, 5.41) is 3.99. The van der Waals surface area contributed by atoms with Crippen molar-refractivity contribution in [3.8, 4) is 11.8 Å². The molecule has 2 aliphatic heterocycles. The first-order valence-electron chi connectivity index (χ1n) is 14.5. The first kappa shape index (κ1) is 35.1. The summed E-state index contributed by atoms with van der Waals surface area (Å²) in [7, 11) is -3.41. The van der Waals surface area contributed by atoms with Gasteiger partial charge in [-0.15, -0.1) is 0 Å². The maximum atomic E-state index is 13.8. The standard InChI is InChI=1S/C29H29F6N5O7S/c1-45-12-4-11-40-21-9-8-20(18-6-2-7-19(22(18)21)27(40)42)38-24(41)17-5-3-10-39(13-17)48(43,44)23-25(46-14-28(30,31)32)36-16-37-26(23)47-15-29(33,34)35/h2,6-9,16-17H,3-5,10-15H2,1H3,(H,38,41). The Bertz CT molecular complexity index is 1770. The number of piperidine rings is 1. The van der Waals surface area contributed by atoms with Crippen LogP contribution in [-0.4, -0.2) is 93.4 Å². The van der Waals surface area contributed by atoms with Gasteiger partial charge in [-0.2, -0.15) is 30.6 Å². The molecule has 1 atom stereocenters. The average Bonchev–Trinajstić information content (AvgIpc) is 3.31. The lowest BCUT2D eigenvalue weighted by atomic mass is 9.98. The van der Waals surface area contributed by atoms with Gasteiger partial charge in [0.2, 0.25) is 22.6 Å². The number of amides is 2. The van der Waals surface area contributed by atoms with Crippen molar-refractivity contribution < 1.29 is 58.6 Å². The third kappa shape index (κ3) is 7.57. The summed E-state index contributed by atoms with van der Waals surface area (Å²) >= 11 is 0. The number of carbonyl (C=O) groups excluding carboxylic acids is 2. The number of nitrogens with one attached hydrogen (secondary N) is 1. The number of benzene rings is 2. The zero-order chi connectivity index (χ0) is 34.9. The largest absolute Gasteiger partial charge is 0.467 e. The summed E-state index contributed by atoms with van der Waals surface area (Å²) in [6.45, 7) is -3.84. The molecule has 1 aromatic heterocycles. The van der Waals surface area contributed by atoms with Gasteiger partial charge >= 0.3 is 12.4 Å². The Labute approximate surface area is 270 Å². The molecule has 48 heavy (non-hydrogen) atoms.